The summed E-state index contributed by atoms with van der Waals surface area (Å²) in [7, 11) is 0. The summed E-state index contributed by atoms with van der Waals surface area (Å²) in [5, 5.41) is 15.4. The highest BCUT2D eigenvalue weighted by atomic mass is 16.5. The van der Waals surface area contributed by atoms with E-state index in [2.05, 4.69) is 30.0 Å². The van der Waals surface area contributed by atoms with Crippen LogP contribution in [0, 0.1) is 23.7 Å². The molecule has 4 N–H and O–H groups in total. The summed E-state index contributed by atoms with van der Waals surface area (Å²) in [5.74, 6) is 1.33. The Morgan fingerprint density at radius 3 is 2.54 bits per heavy atom. The van der Waals surface area contributed by atoms with Crippen molar-refractivity contribution in [1.82, 2.24) is 4.90 Å². The normalized spacial score (nSPS) is 14.9. The van der Waals surface area contributed by atoms with Gasteiger partial charge in [0, 0.05) is 25.3 Å². The molecule has 5 heteroatoms. The number of hydrogen-bond acceptors (Lipinski definition) is 3. The van der Waals surface area contributed by atoms with Crippen LogP contribution in [0.15, 0.2) is 42.5 Å². The van der Waals surface area contributed by atoms with E-state index in [-0.39, 0.29) is 5.84 Å². The Morgan fingerprint density at radius 1 is 1.11 bits per heavy atom. The van der Waals surface area contributed by atoms with Gasteiger partial charge in [0.1, 0.15) is 5.84 Å². The maximum Gasteiger partial charge on any atom is 0.122 e. The molecule has 0 saturated carbocycles. The summed E-state index contributed by atoms with van der Waals surface area (Å²) in [4.78, 5) is 2.14. The highest BCUT2D eigenvalue weighted by Crippen LogP contribution is 2.24. The van der Waals surface area contributed by atoms with Crippen molar-refractivity contribution in [3.63, 3.8) is 0 Å². The molecule has 2 aromatic carbocycles. The summed E-state index contributed by atoms with van der Waals surface area (Å²) >= 11 is 0. The molecule has 3 rings (SSSR count). The van der Waals surface area contributed by atoms with Gasteiger partial charge in [0.2, 0.25) is 0 Å². The average Bonchev–Trinajstić information content (AvgIpc) is 2.68. The molecule has 1 aliphatic heterocycles. The molecule has 1 heterocycles. The molecule has 0 unspecified atom stereocenters. The van der Waals surface area contributed by atoms with Gasteiger partial charge in [-0.2, -0.15) is 0 Å². The van der Waals surface area contributed by atoms with E-state index in [0.29, 0.717) is 18.4 Å². The van der Waals surface area contributed by atoms with Gasteiger partial charge in [0.25, 0.3) is 0 Å². The van der Waals surface area contributed by atoms with E-state index in [1.165, 1.54) is 5.56 Å². The fraction of sp³-hybridized carbons (Fsp3) is 0.391. The number of piperidine rings is 1. The highest BCUT2D eigenvalue weighted by molar-refractivity contribution is 5.96. The summed E-state index contributed by atoms with van der Waals surface area (Å²) in [6, 6.07) is 14.3. The van der Waals surface area contributed by atoms with Gasteiger partial charge in [-0.1, -0.05) is 35.9 Å². The fourth-order valence-electron chi connectivity index (χ4n) is 3.76. The summed E-state index contributed by atoms with van der Waals surface area (Å²) < 4.78 is 6.04. The zero-order chi connectivity index (χ0) is 20.1. The molecule has 1 saturated heterocycles. The van der Waals surface area contributed by atoms with Crippen molar-refractivity contribution < 1.29 is 4.74 Å². The van der Waals surface area contributed by atoms with Crippen LogP contribution in [0.3, 0.4) is 0 Å². The smallest absolute Gasteiger partial charge is 0.122 e. The van der Waals surface area contributed by atoms with E-state index in [1.54, 1.807) is 0 Å². The lowest BCUT2D eigenvalue weighted by molar-refractivity contribution is 0.0673. The largest absolute Gasteiger partial charge is 0.384 e. The lowest BCUT2D eigenvalue weighted by atomic mass is 9.97. The van der Waals surface area contributed by atoms with Crippen molar-refractivity contribution in [3.05, 3.63) is 59.2 Å². The van der Waals surface area contributed by atoms with Crippen molar-refractivity contribution >= 4 is 11.7 Å². The molecule has 1 aliphatic rings. The molecule has 0 aliphatic carbocycles. The molecule has 0 bridgehead atoms. The van der Waals surface area contributed by atoms with Gasteiger partial charge in [0.15, 0.2) is 0 Å². The Kier molecular flexibility index (Phi) is 6.47. The van der Waals surface area contributed by atoms with Gasteiger partial charge < -0.3 is 15.4 Å². The number of nitrogens with two attached hydrogens (primary N) is 1. The number of amidine groups is 2. The van der Waals surface area contributed by atoms with Gasteiger partial charge in [-0.3, -0.25) is 10.8 Å². The predicted octanol–water partition coefficient (Wildman–Crippen LogP) is 4.17. The first-order chi connectivity index (χ1) is 13.4. The number of nitrogens with one attached hydrogen (secondary N) is 2. The average molecular weight is 379 g/mol. The van der Waals surface area contributed by atoms with Crippen LogP contribution < -0.4 is 5.73 Å². The Bertz CT molecular complexity index is 853. The number of aryl methyl sites for hydroxylation is 1. The number of likely N-dealkylation sites (tertiary alicyclic amines) is 1. The number of hydrogen-bond donors (Lipinski definition) is 3. The van der Waals surface area contributed by atoms with Crippen LogP contribution >= 0.6 is 0 Å². The minimum Gasteiger partial charge on any atom is -0.384 e. The van der Waals surface area contributed by atoms with Crippen molar-refractivity contribution in [2.24, 2.45) is 11.7 Å². The number of benzene rings is 2. The first-order valence-corrected chi connectivity index (χ1v) is 9.85. The molecule has 2 aromatic rings. The minimum atomic E-state index is 0.0855. The van der Waals surface area contributed by atoms with E-state index in [9.17, 15) is 0 Å². The van der Waals surface area contributed by atoms with Crippen LogP contribution in [-0.2, 0) is 11.3 Å². The molecule has 0 amide bonds. The number of nitrogens with zero attached hydrogens (tertiary/aromatic N) is 1. The second kappa shape index (κ2) is 9.02. The van der Waals surface area contributed by atoms with E-state index >= 15 is 0 Å². The topological polar surface area (TPSA) is 86.2 Å². The summed E-state index contributed by atoms with van der Waals surface area (Å²) in [6.07, 6.45) is 2.18. The molecule has 0 radical (unpaired) electrons. The fourth-order valence-corrected chi connectivity index (χ4v) is 3.76. The molecular weight excluding hydrogens is 348 g/mol. The summed E-state index contributed by atoms with van der Waals surface area (Å²) in [6.45, 7) is 7.25. The van der Waals surface area contributed by atoms with Crippen LogP contribution in [0.2, 0.25) is 0 Å². The first kappa shape index (κ1) is 20.1. The van der Waals surface area contributed by atoms with Gasteiger partial charge in [0.05, 0.1) is 12.4 Å². The van der Waals surface area contributed by atoms with Gasteiger partial charge in [-0.25, -0.2) is 0 Å². The Morgan fingerprint density at radius 2 is 1.86 bits per heavy atom. The van der Waals surface area contributed by atoms with Crippen molar-refractivity contribution in [2.45, 2.75) is 33.3 Å². The zero-order valence-corrected chi connectivity index (χ0v) is 16.8. The second-order valence-electron chi connectivity index (χ2n) is 7.73. The van der Waals surface area contributed by atoms with E-state index in [0.717, 1.165) is 54.8 Å². The molecule has 28 heavy (non-hydrogen) atoms. The third kappa shape index (κ3) is 5.20. The van der Waals surface area contributed by atoms with Gasteiger partial charge in [-0.15, -0.1) is 0 Å². The zero-order valence-electron chi connectivity index (χ0n) is 16.8. The molecular formula is C23H30N4O. The first-order valence-electron chi connectivity index (χ1n) is 9.85. The minimum absolute atomic E-state index is 0.0855. The third-order valence-electron chi connectivity index (χ3n) is 5.36. The SMILES string of the molecule is CC(=N)N1CCC(COCc2cc(C)cc(-c3cccc(C(=N)N)c3)c2)CC1. The molecule has 5 nitrogen and oxygen atoms in total. The van der Waals surface area contributed by atoms with Crippen LogP contribution in [0.4, 0.5) is 0 Å². The van der Waals surface area contributed by atoms with Crippen LogP contribution in [0.25, 0.3) is 11.1 Å². The summed E-state index contributed by atoms with van der Waals surface area (Å²) in [5.41, 5.74) is 10.9. The highest BCUT2D eigenvalue weighted by Gasteiger charge is 2.19. The van der Waals surface area contributed by atoms with Gasteiger partial charge in [-0.05, 0) is 61.4 Å². The third-order valence-corrected chi connectivity index (χ3v) is 5.36. The Labute approximate surface area is 167 Å². The lowest BCUT2D eigenvalue weighted by Crippen LogP contribution is -2.37. The lowest BCUT2D eigenvalue weighted by Gasteiger charge is -2.32. The van der Waals surface area contributed by atoms with Crippen molar-refractivity contribution in [1.29, 1.82) is 10.8 Å². The predicted molar refractivity (Wildman–Crippen MR) is 115 cm³/mol. The Hall–Kier alpha value is -2.66. The molecule has 0 aromatic heterocycles. The maximum atomic E-state index is 7.73. The van der Waals surface area contributed by atoms with Gasteiger partial charge >= 0.3 is 0 Å². The van der Waals surface area contributed by atoms with E-state index in [1.807, 2.05) is 31.2 Å². The van der Waals surface area contributed by atoms with E-state index in [4.69, 9.17) is 21.3 Å². The number of rotatable bonds is 6. The number of nitrogen functional groups attached to an aromatic ring is 1. The molecule has 1 fully saturated rings. The van der Waals surface area contributed by atoms with Crippen LogP contribution in [0.5, 0.6) is 0 Å². The quantitative estimate of drug-likeness (QED) is 0.521. The molecule has 0 atom stereocenters. The molecule has 148 valence electrons. The van der Waals surface area contributed by atoms with E-state index < -0.39 is 0 Å². The standard InChI is InChI=1S/C23H30N4O/c1-16-10-19(15-28-14-18-6-8-27(9-7-18)17(2)24)12-22(11-16)20-4-3-5-21(13-20)23(25)26/h3-5,10-13,18,24H,6-9,14-15H2,1-2H3,(H3,25,26). The second-order valence-corrected chi connectivity index (χ2v) is 7.73. The van der Waals surface area contributed by atoms with Crippen LogP contribution in [0.1, 0.15) is 36.5 Å². The monoisotopic (exact) mass is 378 g/mol. The molecule has 0 spiro atoms. The van der Waals surface area contributed by atoms with Crippen molar-refractivity contribution in [3.8, 4) is 11.1 Å². The number of ether oxygens (including phenoxy) is 1. The van der Waals surface area contributed by atoms with Crippen LogP contribution in [-0.4, -0.2) is 36.3 Å². The maximum absolute atomic E-state index is 7.73. The Balaban J connectivity index is 1.60. The van der Waals surface area contributed by atoms with Crippen molar-refractivity contribution in [2.75, 3.05) is 19.7 Å².